The molecular formula is C21H29N5O. The van der Waals surface area contributed by atoms with Gasteiger partial charge in [-0.2, -0.15) is 5.10 Å². The minimum atomic E-state index is 0.711. The van der Waals surface area contributed by atoms with Crippen LogP contribution in [0.3, 0.4) is 0 Å². The summed E-state index contributed by atoms with van der Waals surface area (Å²) < 4.78 is 5.42. The van der Waals surface area contributed by atoms with Crippen molar-refractivity contribution in [2.24, 2.45) is 5.10 Å². The molecule has 6 nitrogen and oxygen atoms in total. The van der Waals surface area contributed by atoms with Crippen molar-refractivity contribution in [3.8, 4) is 0 Å². The summed E-state index contributed by atoms with van der Waals surface area (Å²) in [5.74, 6) is 2.36. The van der Waals surface area contributed by atoms with Crippen LogP contribution in [0.5, 0.6) is 0 Å². The number of aryl methyl sites for hydroxylation is 2. The van der Waals surface area contributed by atoms with Crippen LogP contribution in [-0.2, 0) is 11.2 Å². The largest absolute Gasteiger partial charge is 0.378 e. The molecule has 2 aromatic rings. The number of anilines is 2. The van der Waals surface area contributed by atoms with E-state index in [0.29, 0.717) is 5.82 Å². The van der Waals surface area contributed by atoms with Gasteiger partial charge in [0.1, 0.15) is 11.6 Å². The van der Waals surface area contributed by atoms with Crippen LogP contribution in [0.2, 0.25) is 0 Å². The number of benzene rings is 1. The molecule has 1 N–H and O–H groups in total. The topological polar surface area (TPSA) is 62.6 Å². The molecule has 0 amide bonds. The molecule has 144 valence electrons. The number of hydrazone groups is 1. The van der Waals surface area contributed by atoms with Crippen molar-refractivity contribution in [2.45, 2.75) is 40.0 Å². The number of morpholine rings is 1. The quantitative estimate of drug-likeness (QED) is 0.596. The van der Waals surface area contributed by atoms with Crippen LogP contribution in [0.4, 0.5) is 11.6 Å². The van der Waals surface area contributed by atoms with Gasteiger partial charge in [0, 0.05) is 19.2 Å². The lowest BCUT2D eigenvalue weighted by atomic mass is 10.0. The van der Waals surface area contributed by atoms with E-state index in [9.17, 15) is 0 Å². The Kier molecular flexibility index (Phi) is 6.76. The molecule has 1 aliphatic rings. The van der Waals surface area contributed by atoms with E-state index in [2.05, 4.69) is 56.6 Å². The summed E-state index contributed by atoms with van der Waals surface area (Å²) in [5, 5.41) is 4.52. The van der Waals surface area contributed by atoms with Crippen LogP contribution < -0.4 is 10.3 Å². The second-order valence-corrected chi connectivity index (χ2v) is 6.87. The van der Waals surface area contributed by atoms with Gasteiger partial charge in [-0.1, -0.05) is 37.6 Å². The molecule has 1 aromatic heterocycles. The zero-order valence-electron chi connectivity index (χ0n) is 16.5. The Labute approximate surface area is 161 Å². The third-order valence-corrected chi connectivity index (χ3v) is 4.69. The number of hydrogen-bond donors (Lipinski definition) is 1. The lowest BCUT2D eigenvalue weighted by Gasteiger charge is -2.28. The summed E-state index contributed by atoms with van der Waals surface area (Å²) in [6.45, 7) is 9.29. The second-order valence-electron chi connectivity index (χ2n) is 6.87. The SMILES string of the molecule is CCCCc1ccc(/C(C)=N\Nc2cc(N3CCOCC3)nc(C)n2)cc1. The summed E-state index contributed by atoms with van der Waals surface area (Å²) in [6.07, 6.45) is 3.58. The van der Waals surface area contributed by atoms with Crippen molar-refractivity contribution in [1.82, 2.24) is 9.97 Å². The highest BCUT2D eigenvalue weighted by Crippen LogP contribution is 2.17. The monoisotopic (exact) mass is 367 g/mol. The van der Waals surface area contributed by atoms with Gasteiger partial charge in [-0.25, -0.2) is 9.97 Å². The average molecular weight is 367 g/mol. The molecule has 0 radical (unpaired) electrons. The molecule has 27 heavy (non-hydrogen) atoms. The highest BCUT2D eigenvalue weighted by atomic mass is 16.5. The first kappa shape index (κ1) is 19.3. The van der Waals surface area contributed by atoms with Crippen LogP contribution in [0.25, 0.3) is 0 Å². The maximum Gasteiger partial charge on any atom is 0.152 e. The minimum Gasteiger partial charge on any atom is -0.378 e. The fourth-order valence-corrected chi connectivity index (χ4v) is 3.06. The Hall–Kier alpha value is -2.47. The lowest BCUT2D eigenvalue weighted by Crippen LogP contribution is -2.36. The second kappa shape index (κ2) is 9.46. The average Bonchev–Trinajstić information content (AvgIpc) is 2.71. The van der Waals surface area contributed by atoms with E-state index in [1.165, 1.54) is 18.4 Å². The van der Waals surface area contributed by atoms with Gasteiger partial charge in [-0.05, 0) is 37.8 Å². The van der Waals surface area contributed by atoms with E-state index in [4.69, 9.17) is 4.74 Å². The Balaban J connectivity index is 1.68. The van der Waals surface area contributed by atoms with Gasteiger partial charge in [0.15, 0.2) is 5.82 Å². The Bertz CT molecular complexity index is 767. The van der Waals surface area contributed by atoms with Crippen LogP contribution in [0.15, 0.2) is 35.4 Å². The summed E-state index contributed by atoms with van der Waals surface area (Å²) in [4.78, 5) is 11.2. The third kappa shape index (κ3) is 5.50. The Morgan fingerprint density at radius 2 is 1.93 bits per heavy atom. The number of aromatic nitrogens is 2. The van der Waals surface area contributed by atoms with Crippen molar-refractivity contribution in [3.05, 3.63) is 47.3 Å². The summed E-state index contributed by atoms with van der Waals surface area (Å²) in [5.41, 5.74) is 6.51. The number of hydrogen-bond acceptors (Lipinski definition) is 6. The van der Waals surface area contributed by atoms with Crippen molar-refractivity contribution < 1.29 is 4.74 Å². The van der Waals surface area contributed by atoms with E-state index in [1.807, 2.05) is 19.9 Å². The van der Waals surface area contributed by atoms with Gasteiger partial charge in [0.05, 0.1) is 18.9 Å². The molecule has 3 rings (SSSR count). The molecule has 0 atom stereocenters. The van der Waals surface area contributed by atoms with Crippen LogP contribution >= 0.6 is 0 Å². The fourth-order valence-electron chi connectivity index (χ4n) is 3.06. The minimum absolute atomic E-state index is 0.711. The highest BCUT2D eigenvalue weighted by molar-refractivity contribution is 5.99. The summed E-state index contributed by atoms with van der Waals surface area (Å²) >= 11 is 0. The molecule has 1 fully saturated rings. The predicted molar refractivity (Wildman–Crippen MR) is 111 cm³/mol. The number of rotatable bonds is 7. The number of ether oxygens (including phenoxy) is 1. The molecule has 1 aliphatic heterocycles. The number of unbranched alkanes of at least 4 members (excludes halogenated alkanes) is 1. The van der Waals surface area contributed by atoms with Gasteiger partial charge in [0.25, 0.3) is 0 Å². The van der Waals surface area contributed by atoms with Gasteiger partial charge in [-0.15, -0.1) is 0 Å². The smallest absolute Gasteiger partial charge is 0.152 e. The first-order valence-electron chi connectivity index (χ1n) is 9.73. The Morgan fingerprint density at radius 1 is 1.19 bits per heavy atom. The van der Waals surface area contributed by atoms with E-state index in [1.54, 1.807) is 0 Å². The first-order valence-corrected chi connectivity index (χ1v) is 9.73. The van der Waals surface area contributed by atoms with E-state index in [0.717, 1.165) is 55.6 Å². The van der Waals surface area contributed by atoms with E-state index in [-0.39, 0.29) is 0 Å². The van der Waals surface area contributed by atoms with Gasteiger partial charge < -0.3 is 9.64 Å². The molecule has 0 aliphatic carbocycles. The molecule has 0 spiro atoms. The standard InChI is InChI=1S/C21H29N5O/c1-4-5-6-18-7-9-19(10-8-18)16(2)24-25-20-15-21(23-17(3)22-20)26-11-13-27-14-12-26/h7-10,15H,4-6,11-14H2,1-3H3,(H,22,23,25)/b24-16-. The zero-order valence-corrected chi connectivity index (χ0v) is 16.5. The predicted octanol–water partition coefficient (Wildman–Crippen LogP) is 3.80. The van der Waals surface area contributed by atoms with Crippen molar-refractivity contribution in [1.29, 1.82) is 0 Å². The molecular weight excluding hydrogens is 338 g/mol. The number of nitrogens with one attached hydrogen (secondary N) is 1. The van der Waals surface area contributed by atoms with E-state index < -0.39 is 0 Å². The van der Waals surface area contributed by atoms with Gasteiger partial charge in [0.2, 0.25) is 0 Å². The third-order valence-electron chi connectivity index (χ3n) is 4.69. The molecule has 0 bridgehead atoms. The van der Waals surface area contributed by atoms with Crippen LogP contribution in [0.1, 0.15) is 43.6 Å². The van der Waals surface area contributed by atoms with Crippen molar-refractivity contribution >= 4 is 17.3 Å². The van der Waals surface area contributed by atoms with Crippen LogP contribution in [-0.4, -0.2) is 42.0 Å². The molecule has 2 heterocycles. The van der Waals surface area contributed by atoms with Gasteiger partial charge >= 0.3 is 0 Å². The molecule has 6 heteroatoms. The molecule has 1 aromatic carbocycles. The Morgan fingerprint density at radius 3 is 2.63 bits per heavy atom. The maximum atomic E-state index is 5.42. The normalized spacial score (nSPS) is 15.1. The summed E-state index contributed by atoms with van der Waals surface area (Å²) in [7, 11) is 0. The lowest BCUT2D eigenvalue weighted by molar-refractivity contribution is 0.122. The molecule has 0 saturated carbocycles. The zero-order chi connectivity index (χ0) is 19.1. The van der Waals surface area contributed by atoms with Crippen LogP contribution in [0, 0.1) is 6.92 Å². The number of nitrogens with zero attached hydrogens (tertiary/aromatic N) is 4. The maximum absolute atomic E-state index is 5.42. The molecule has 1 saturated heterocycles. The fraction of sp³-hybridized carbons (Fsp3) is 0.476. The van der Waals surface area contributed by atoms with Gasteiger partial charge in [-0.3, -0.25) is 5.43 Å². The van der Waals surface area contributed by atoms with Crippen molar-refractivity contribution in [3.63, 3.8) is 0 Å². The highest BCUT2D eigenvalue weighted by Gasteiger charge is 2.14. The summed E-state index contributed by atoms with van der Waals surface area (Å²) in [6, 6.07) is 10.6. The van der Waals surface area contributed by atoms with Crippen molar-refractivity contribution in [2.75, 3.05) is 36.6 Å². The molecule has 0 unspecified atom stereocenters. The first-order chi connectivity index (χ1) is 13.2. The van der Waals surface area contributed by atoms with E-state index >= 15 is 0 Å².